The van der Waals surface area contributed by atoms with E-state index in [9.17, 15) is 9.46 Å². The molecule has 1 atom stereocenters. The van der Waals surface area contributed by atoms with E-state index in [2.05, 4.69) is 49.3 Å². The summed E-state index contributed by atoms with van der Waals surface area (Å²) in [7, 11) is 2.61. The Balaban J connectivity index is 1.64. The third kappa shape index (κ3) is 7.53. The minimum atomic E-state index is -3.59. The topological polar surface area (TPSA) is 90.6 Å². The highest BCUT2D eigenvalue weighted by Gasteiger charge is 2.27. The molecule has 0 bridgehead atoms. The number of benzene rings is 1. The van der Waals surface area contributed by atoms with Crippen molar-refractivity contribution in [3.63, 3.8) is 0 Å². The fourth-order valence-electron chi connectivity index (χ4n) is 5.01. The van der Waals surface area contributed by atoms with Gasteiger partial charge in [-0.05, 0) is 37.8 Å². The summed E-state index contributed by atoms with van der Waals surface area (Å²) in [4.78, 5) is 10.1. The molecule has 0 radical (unpaired) electrons. The molecule has 34 heavy (non-hydrogen) atoms. The minimum absolute atomic E-state index is 0.0856. The predicted octanol–water partition coefficient (Wildman–Crippen LogP) is 3.66. The number of ether oxygens (including phenoxy) is 1. The van der Waals surface area contributed by atoms with Crippen LogP contribution in [-0.2, 0) is 28.7 Å². The van der Waals surface area contributed by atoms with Gasteiger partial charge >= 0.3 is 7.60 Å². The molecule has 1 fully saturated rings. The summed E-state index contributed by atoms with van der Waals surface area (Å²) in [5.74, 6) is 2.58. The van der Waals surface area contributed by atoms with E-state index in [1.807, 2.05) is 6.07 Å². The van der Waals surface area contributed by atoms with Gasteiger partial charge < -0.3 is 24.4 Å². The molecule has 0 spiro atoms. The Morgan fingerprint density at radius 3 is 2.59 bits per heavy atom. The molecule has 0 saturated heterocycles. The number of hydrogen-bond acceptors (Lipinski definition) is 4. The molecule has 1 unspecified atom stereocenters. The van der Waals surface area contributed by atoms with E-state index in [-0.39, 0.29) is 19.4 Å². The number of nitrogens with two attached hydrogens (primary N) is 1. The van der Waals surface area contributed by atoms with E-state index in [1.165, 1.54) is 37.6 Å². The molecule has 3 N–H and O–H groups in total. The molecular formula is C25H45N4O4P+2. The highest BCUT2D eigenvalue weighted by molar-refractivity contribution is 7.52. The number of rotatable bonds is 13. The SMILES string of the molecule is CC[n+]1c(CN)n(CC2CCCCC2)c2cc(OCCOP(=O)(O)CCC[N+](C)(C)C)ccc21. The van der Waals surface area contributed by atoms with Crippen molar-refractivity contribution in [1.82, 2.24) is 4.57 Å². The third-order valence-electron chi connectivity index (χ3n) is 6.73. The van der Waals surface area contributed by atoms with Crippen LogP contribution in [0.3, 0.4) is 0 Å². The van der Waals surface area contributed by atoms with Crippen LogP contribution < -0.4 is 15.0 Å². The van der Waals surface area contributed by atoms with Crippen molar-refractivity contribution in [2.75, 3.05) is 47.1 Å². The van der Waals surface area contributed by atoms with Crippen LogP contribution in [0.4, 0.5) is 0 Å². The number of imidazole rings is 1. The van der Waals surface area contributed by atoms with Crippen LogP contribution in [0.5, 0.6) is 5.75 Å². The number of quaternary nitrogens is 1. The first-order chi connectivity index (χ1) is 16.1. The van der Waals surface area contributed by atoms with E-state index in [4.69, 9.17) is 15.0 Å². The molecular weight excluding hydrogens is 451 g/mol. The lowest BCUT2D eigenvalue weighted by molar-refractivity contribution is -0.870. The lowest BCUT2D eigenvalue weighted by Gasteiger charge is -2.24. The molecule has 2 aromatic rings. The Hall–Kier alpha value is -1.44. The molecule has 9 heteroatoms. The predicted molar refractivity (Wildman–Crippen MR) is 136 cm³/mol. The molecule has 1 aliphatic rings. The van der Waals surface area contributed by atoms with E-state index in [1.54, 1.807) is 0 Å². The molecule has 8 nitrogen and oxygen atoms in total. The highest BCUT2D eigenvalue weighted by atomic mass is 31.2. The van der Waals surface area contributed by atoms with Crippen molar-refractivity contribution in [2.45, 2.75) is 65.1 Å². The average Bonchev–Trinajstić information content (AvgIpc) is 3.08. The number of fused-ring (bicyclic) bond motifs is 1. The van der Waals surface area contributed by atoms with Crippen molar-refractivity contribution in [3.05, 3.63) is 24.0 Å². The first-order valence-electron chi connectivity index (χ1n) is 12.8. The highest BCUT2D eigenvalue weighted by Crippen LogP contribution is 2.42. The quantitative estimate of drug-likeness (QED) is 0.191. The van der Waals surface area contributed by atoms with Gasteiger partial charge in [-0.3, -0.25) is 4.57 Å². The number of aromatic nitrogens is 2. The van der Waals surface area contributed by atoms with Crippen LogP contribution in [0, 0.1) is 5.92 Å². The lowest BCUT2D eigenvalue weighted by Crippen LogP contribution is -2.38. The molecule has 1 saturated carbocycles. The van der Waals surface area contributed by atoms with Gasteiger partial charge in [-0.2, -0.15) is 0 Å². The lowest BCUT2D eigenvalue weighted by atomic mass is 9.89. The second-order valence-electron chi connectivity index (χ2n) is 10.5. The van der Waals surface area contributed by atoms with Crippen molar-refractivity contribution in [1.29, 1.82) is 0 Å². The van der Waals surface area contributed by atoms with E-state index < -0.39 is 7.60 Å². The van der Waals surface area contributed by atoms with Crippen LogP contribution >= 0.6 is 7.60 Å². The molecule has 1 aromatic carbocycles. The van der Waals surface area contributed by atoms with Crippen LogP contribution in [0.25, 0.3) is 11.0 Å². The fraction of sp³-hybridized carbons (Fsp3) is 0.720. The van der Waals surface area contributed by atoms with Gasteiger partial charge in [0.25, 0.3) is 5.82 Å². The van der Waals surface area contributed by atoms with E-state index in [0.29, 0.717) is 18.9 Å². The van der Waals surface area contributed by atoms with Gasteiger partial charge in [0.1, 0.15) is 12.4 Å². The number of nitrogens with zero attached hydrogens (tertiary/aromatic N) is 3. The van der Waals surface area contributed by atoms with Gasteiger partial charge in [-0.25, -0.2) is 9.13 Å². The van der Waals surface area contributed by atoms with Crippen LogP contribution in [0.15, 0.2) is 18.2 Å². The summed E-state index contributed by atoms with van der Waals surface area (Å²) >= 11 is 0. The number of hydrogen-bond donors (Lipinski definition) is 2. The smallest absolute Gasteiger partial charge is 0.328 e. The van der Waals surface area contributed by atoms with Gasteiger partial charge in [-0.1, -0.05) is 19.3 Å². The molecule has 1 heterocycles. The Bertz CT molecular complexity index is 979. The van der Waals surface area contributed by atoms with Crippen molar-refractivity contribution in [2.24, 2.45) is 11.7 Å². The second kappa shape index (κ2) is 12.0. The van der Waals surface area contributed by atoms with Gasteiger partial charge in [-0.15, -0.1) is 0 Å². The maximum absolute atomic E-state index is 12.3. The summed E-state index contributed by atoms with van der Waals surface area (Å²) in [5.41, 5.74) is 8.50. The van der Waals surface area contributed by atoms with Gasteiger partial charge in [0.2, 0.25) is 0 Å². The maximum Gasteiger partial charge on any atom is 0.328 e. The van der Waals surface area contributed by atoms with Crippen LogP contribution in [0.1, 0.15) is 51.3 Å². The Morgan fingerprint density at radius 1 is 1.21 bits per heavy atom. The van der Waals surface area contributed by atoms with Gasteiger partial charge in [0.15, 0.2) is 11.0 Å². The summed E-state index contributed by atoms with van der Waals surface area (Å²) in [5, 5.41) is 0. The zero-order chi connectivity index (χ0) is 24.8. The second-order valence-corrected chi connectivity index (χ2v) is 12.5. The van der Waals surface area contributed by atoms with Crippen molar-refractivity contribution < 1.29 is 27.8 Å². The first-order valence-corrected chi connectivity index (χ1v) is 14.5. The summed E-state index contributed by atoms with van der Waals surface area (Å²) in [6, 6.07) is 6.12. The van der Waals surface area contributed by atoms with Crippen LogP contribution in [0.2, 0.25) is 0 Å². The molecule has 1 aliphatic carbocycles. The number of aryl methyl sites for hydroxylation is 1. The zero-order valence-corrected chi connectivity index (χ0v) is 22.4. The molecule has 192 valence electrons. The molecule has 0 aliphatic heterocycles. The zero-order valence-electron chi connectivity index (χ0n) is 21.5. The van der Waals surface area contributed by atoms with Gasteiger partial charge in [0, 0.05) is 12.5 Å². The summed E-state index contributed by atoms with van der Waals surface area (Å²) in [6.07, 6.45) is 7.34. The summed E-state index contributed by atoms with van der Waals surface area (Å²) < 4.78 is 28.9. The monoisotopic (exact) mass is 496 g/mol. The van der Waals surface area contributed by atoms with Crippen molar-refractivity contribution in [3.8, 4) is 5.75 Å². The molecule has 0 amide bonds. The average molecular weight is 497 g/mol. The van der Waals surface area contributed by atoms with E-state index >= 15 is 0 Å². The summed E-state index contributed by atoms with van der Waals surface area (Å²) in [6.45, 7) is 5.65. The third-order valence-corrected chi connectivity index (χ3v) is 8.20. The molecule has 1 aromatic heterocycles. The van der Waals surface area contributed by atoms with Gasteiger partial charge in [0.05, 0.1) is 60.1 Å². The Kier molecular flexibility index (Phi) is 9.58. The minimum Gasteiger partial charge on any atom is -0.491 e. The van der Waals surface area contributed by atoms with Crippen molar-refractivity contribution >= 4 is 18.6 Å². The normalized spacial score (nSPS) is 17.2. The van der Waals surface area contributed by atoms with Crippen LogP contribution in [-0.4, -0.2) is 61.0 Å². The largest absolute Gasteiger partial charge is 0.491 e. The fourth-order valence-corrected chi connectivity index (χ4v) is 6.04. The van der Waals surface area contributed by atoms with E-state index in [0.717, 1.165) is 41.2 Å². The Labute approximate surface area is 204 Å². The first kappa shape index (κ1) is 27.2. The standard InChI is InChI=1S/C25H44N4O4P/c1-5-27-23-13-12-22(32-15-16-33-34(30,31)17-9-14-29(2,3)4)18-24(23)28(25(27)19-26)20-21-10-7-6-8-11-21/h12-13,18,21H,5-11,14-17,19-20,26H2,1-4H3/q+1/p+1. The maximum atomic E-state index is 12.3. The molecule has 3 rings (SSSR count). The Morgan fingerprint density at radius 2 is 1.94 bits per heavy atom.